The largest absolute Gasteiger partial charge is 0.372 e. The van der Waals surface area contributed by atoms with Gasteiger partial charge in [0, 0.05) is 25.2 Å². The van der Waals surface area contributed by atoms with E-state index >= 15 is 0 Å². The van der Waals surface area contributed by atoms with E-state index in [0.717, 1.165) is 0 Å². The van der Waals surface area contributed by atoms with E-state index < -0.39 is 4.92 Å². The van der Waals surface area contributed by atoms with E-state index in [4.69, 9.17) is 27.9 Å². The molecule has 0 N–H and O–H groups in total. The molecule has 7 heteroatoms. The first-order valence-corrected chi connectivity index (χ1v) is 6.68. The van der Waals surface area contributed by atoms with Crippen LogP contribution in [-0.4, -0.2) is 30.2 Å². The minimum absolute atomic E-state index is 0.0612. The molecule has 1 fully saturated rings. The normalized spacial score (nSPS) is 23.5. The molecule has 0 bridgehead atoms. The maximum Gasteiger partial charge on any atom is 0.272 e. The molecule has 1 aliphatic heterocycles. The van der Waals surface area contributed by atoms with E-state index in [9.17, 15) is 10.1 Å². The molecule has 0 saturated carbocycles. The fraction of sp³-hybridized carbons (Fsp3) is 0.500. The molecule has 104 valence electrons. The summed E-state index contributed by atoms with van der Waals surface area (Å²) in [7, 11) is 0. The number of ether oxygens (including phenoxy) is 1. The lowest BCUT2D eigenvalue weighted by molar-refractivity contribution is -0.384. The molecule has 5 nitrogen and oxygen atoms in total. The summed E-state index contributed by atoms with van der Waals surface area (Å²) in [5.74, 6) is 0. The zero-order valence-electron chi connectivity index (χ0n) is 10.6. The van der Waals surface area contributed by atoms with Crippen LogP contribution in [-0.2, 0) is 4.74 Å². The number of hydrogen-bond acceptors (Lipinski definition) is 4. The summed E-state index contributed by atoms with van der Waals surface area (Å²) < 4.78 is 5.64. The van der Waals surface area contributed by atoms with Crippen LogP contribution < -0.4 is 4.90 Å². The van der Waals surface area contributed by atoms with Crippen LogP contribution in [0, 0.1) is 10.1 Å². The number of rotatable bonds is 2. The van der Waals surface area contributed by atoms with Gasteiger partial charge >= 0.3 is 0 Å². The molecule has 0 radical (unpaired) electrons. The van der Waals surface area contributed by atoms with Crippen LogP contribution >= 0.6 is 23.2 Å². The summed E-state index contributed by atoms with van der Waals surface area (Å²) in [5.41, 5.74) is 0.532. The number of morpholine rings is 1. The Morgan fingerprint density at radius 1 is 1.26 bits per heavy atom. The first-order chi connectivity index (χ1) is 8.88. The average molecular weight is 305 g/mol. The van der Waals surface area contributed by atoms with Crippen molar-refractivity contribution in [1.29, 1.82) is 0 Å². The van der Waals surface area contributed by atoms with Crippen LogP contribution in [0.15, 0.2) is 12.1 Å². The Hall–Kier alpha value is -1.04. The lowest BCUT2D eigenvalue weighted by Crippen LogP contribution is -2.45. The van der Waals surface area contributed by atoms with E-state index in [1.807, 2.05) is 18.7 Å². The van der Waals surface area contributed by atoms with Gasteiger partial charge in [-0.2, -0.15) is 0 Å². The predicted molar refractivity (Wildman–Crippen MR) is 75.3 cm³/mol. The summed E-state index contributed by atoms with van der Waals surface area (Å²) in [5, 5.41) is 11.3. The summed E-state index contributed by atoms with van der Waals surface area (Å²) in [6.45, 7) is 5.24. The van der Waals surface area contributed by atoms with Crippen molar-refractivity contribution in [3.05, 3.63) is 32.3 Å². The van der Waals surface area contributed by atoms with Crippen molar-refractivity contribution in [2.45, 2.75) is 26.1 Å². The van der Waals surface area contributed by atoms with Crippen molar-refractivity contribution < 1.29 is 9.66 Å². The maximum atomic E-state index is 10.8. The van der Waals surface area contributed by atoms with Gasteiger partial charge < -0.3 is 9.64 Å². The van der Waals surface area contributed by atoms with E-state index in [1.54, 1.807) is 0 Å². The third-order valence-corrected chi connectivity index (χ3v) is 3.52. The van der Waals surface area contributed by atoms with Crippen molar-refractivity contribution >= 4 is 34.6 Å². The Balaban J connectivity index is 2.37. The highest BCUT2D eigenvalue weighted by Gasteiger charge is 2.26. The summed E-state index contributed by atoms with van der Waals surface area (Å²) in [6.07, 6.45) is 0.122. The number of anilines is 1. The average Bonchev–Trinajstić information content (AvgIpc) is 2.26. The molecular formula is C12H14Cl2N2O3. The Morgan fingerprint density at radius 2 is 1.74 bits per heavy atom. The van der Waals surface area contributed by atoms with Crippen LogP contribution in [0.5, 0.6) is 0 Å². The highest BCUT2D eigenvalue weighted by molar-refractivity contribution is 6.39. The van der Waals surface area contributed by atoms with Gasteiger partial charge in [0.1, 0.15) is 0 Å². The Morgan fingerprint density at radius 3 is 2.16 bits per heavy atom. The molecule has 1 aliphatic rings. The molecule has 0 amide bonds. The molecule has 1 heterocycles. The van der Waals surface area contributed by atoms with Crippen molar-refractivity contribution in [1.82, 2.24) is 0 Å². The molecule has 0 aromatic heterocycles. The molecule has 2 rings (SSSR count). The maximum absolute atomic E-state index is 10.8. The van der Waals surface area contributed by atoms with Gasteiger partial charge in [0.2, 0.25) is 0 Å². The summed E-state index contributed by atoms with van der Waals surface area (Å²) in [6, 6.07) is 2.65. The number of nitro benzene ring substituents is 1. The van der Waals surface area contributed by atoms with Crippen molar-refractivity contribution in [3.8, 4) is 0 Å². The van der Waals surface area contributed by atoms with Crippen molar-refractivity contribution in [2.24, 2.45) is 0 Å². The van der Waals surface area contributed by atoms with Gasteiger partial charge in [-0.25, -0.2) is 0 Å². The van der Waals surface area contributed by atoms with Gasteiger partial charge in [-0.15, -0.1) is 0 Å². The van der Waals surface area contributed by atoms with E-state index in [-0.39, 0.29) is 17.9 Å². The zero-order chi connectivity index (χ0) is 14.2. The van der Waals surface area contributed by atoms with Gasteiger partial charge in [0.05, 0.1) is 32.9 Å². The number of benzene rings is 1. The monoisotopic (exact) mass is 304 g/mol. The Bertz CT molecular complexity index is 477. The van der Waals surface area contributed by atoms with Crippen molar-refractivity contribution in [3.63, 3.8) is 0 Å². The molecule has 0 unspecified atom stereocenters. The standard InChI is InChI=1S/C12H14Cl2N2O3/c1-7-5-15(6-8(2)19-7)12-10(13)3-9(16(17)18)4-11(12)14/h3-4,7-8H,5-6H2,1-2H3/t7-,8+. The van der Waals surface area contributed by atoms with Crippen LogP contribution in [0.2, 0.25) is 10.0 Å². The molecule has 0 aliphatic carbocycles. The molecule has 1 aromatic rings. The number of non-ortho nitro benzene ring substituents is 1. The second-order valence-corrected chi connectivity index (χ2v) is 5.49. The van der Waals surface area contributed by atoms with Gasteiger partial charge in [-0.05, 0) is 13.8 Å². The topological polar surface area (TPSA) is 55.6 Å². The quantitative estimate of drug-likeness (QED) is 0.619. The van der Waals surface area contributed by atoms with Gasteiger partial charge in [0.25, 0.3) is 5.69 Å². The smallest absolute Gasteiger partial charge is 0.272 e. The first-order valence-electron chi connectivity index (χ1n) is 5.92. The fourth-order valence-corrected chi connectivity index (χ4v) is 3.03. The van der Waals surface area contributed by atoms with E-state index in [1.165, 1.54) is 12.1 Å². The lowest BCUT2D eigenvalue weighted by atomic mass is 10.2. The van der Waals surface area contributed by atoms with Crippen LogP contribution in [0.1, 0.15) is 13.8 Å². The number of hydrogen-bond donors (Lipinski definition) is 0. The second kappa shape index (κ2) is 5.53. The third-order valence-electron chi connectivity index (χ3n) is 2.95. The fourth-order valence-electron chi connectivity index (χ4n) is 2.32. The molecule has 1 aromatic carbocycles. The molecule has 1 saturated heterocycles. The molecule has 19 heavy (non-hydrogen) atoms. The Kier molecular flexibility index (Phi) is 4.18. The Labute approximate surface area is 121 Å². The second-order valence-electron chi connectivity index (χ2n) is 4.68. The van der Waals surface area contributed by atoms with E-state index in [2.05, 4.69) is 0 Å². The van der Waals surface area contributed by atoms with Crippen LogP contribution in [0.4, 0.5) is 11.4 Å². The molecular weight excluding hydrogens is 291 g/mol. The number of nitro groups is 1. The summed E-state index contributed by atoms with van der Waals surface area (Å²) in [4.78, 5) is 12.3. The third kappa shape index (κ3) is 3.11. The highest BCUT2D eigenvalue weighted by atomic mass is 35.5. The summed E-state index contributed by atoms with van der Waals surface area (Å²) >= 11 is 12.3. The van der Waals surface area contributed by atoms with Gasteiger partial charge in [-0.3, -0.25) is 10.1 Å². The lowest BCUT2D eigenvalue weighted by Gasteiger charge is -2.37. The van der Waals surface area contributed by atoms with Gasteiger partial charge in [0.15, 0.2) is 0 Å². The predicted octanol–water partition coefficient (Wildman–Crippen LogP) is 3.52. The zero-order valence-corrected chi connectivity index (χ0v) is 12.1. The van der Waals surface area contributed by atoms with E-state index in [0.29, 0.717) is 28.8 Å². The van der Waals surface area contributed by atoms with Crippen molar-refractivity contribution in [2.75, 3.05) is 18.0 Å². The minimum atomic E-state index is -0.508. The van der Waals surface area contributed by atoms with Crippen LogP contribution in [0.3, 0.4) is 0 Å². The molecule has 0 spiro atoms. The van der Waals surface area contributed by atoms with Gasteiger partial charge in [-0.1, -0.05) is 23.2 Å². The SMILES string of the molecule is C[C@@H]1CN(c2c(Cl)cc([N+](=O)[O-])cc2Cl)C[C@H](C)O1. The number of nitrogens with zero attached hydrogens (tertiary/aromatic N) is 2. The molecule has 2 atom stereocenters. The van der Waals surface area contributed by atoms with Crippen LogP contribution in [0.25, 0.3) is 0 Å². The first kappa shape index (κ1) is 14.4. The highest BCUT2D eigenvalue weighted by Crippen LogP contribution is 2.38. The number of halogens is 2. The minimum Gasteiger partial charge on any atom is -0.372 e.